The molecule has 0 saturated heterocycles. The Morgan fingerprint density at radius 2 is 1.93 bits per heavy atom. The summed E-state index contributed by atoms with van der Waals surface area (Å²) in [6.45, 7) is 11.6. The fourth-order valence-electron chi connectivity index (χ4n) is 1.69. The molecule has 0 spiro atoms. The third kappa shape index (κ3) is 7.77. The van der Waals surface area contributed by atoms with Crippen LogP contribution in [-0.4, -0.2) is 44.8 Å². The Kier molecular flexibility index (Phi) is 8.02. The lowest BCUT2D eigenvalue weighted by Gasteiger charge is -2.31. The number of hydrogen-bond donors (Lipinski definition) is 1. The summed E-state index contributed by atoms with van der Waals surface area (Å²) in [4.78, 5) is 2.49. The normalized spacial score (nSPS) is 12.4. The number of ether oxygens (including phenoxy) is 1. The van der Waals surface area contributed by atoms with Gasteiger partial charge >= 0.3 is 0 Å². The average Bonchev–Trinajstić information content (AvgIpc) is 2.18. The molecule has 0 aliphatic heterocycles. The molecule has 0 amide bonds. The molecule has 0 aliphatic rings. The second-order valence-corrected chi connectivity index (χ2v) is 4.99. The summed E-state index contributed by atoms with van der Waals surface area (Å²) in [5.41, 5.74) is 5.98. The van der Waals surface area contributed by atoms with Crippen molar-refractivity contribution in [2.45, 2.75) is 33.6 Å². The Balaban J connectivity index is 3.91. The van der Waals surface area contributed by atoms with E-state index >= 15 is 0 Å². The van der Waals surface area contributed by atoms with Crippen molar-refractivity contribution in [3.05, 3.63) is 0 Å². The zero-order chi connectivity index (χ0) is 11.7. The molecule has 92 valence electrons. The molecular weight excluding hydrogens is 188 g/mol. The van der Waals surface area contributed by atoms with E-state index in [0.29, 0.717) is 0 Å². The van der Waals surface area contributed by atoms with Crippen molar-refractivity contribution >= 4 is 0 Å². The molecule has 0 aromatic heterocycles. The average molecular weight is 216 g/mol. The lowest BCUT2D eigenvalue weighted by molar-refractivity contribution is 0.146. The number of methoxy groups -OCH3 is 1. The zero-order valence-electron chi connectivity index (χ0n) is 10.9. The van der Waals surface area contributed by atoms with E-state index in [1.54, 1.807) is 7.11 Å². The first-order valence-electron chi connectivity index (χ1n) is 5.97. The lowest BCUT2D eigenvalue weighted by atomic mass is 9.93. The molecule has 3 heteroatoms. The van der Waals surface area contributed by atoms with E-state index in [9.17, 15) is 0 Å². The van der Waals surface area contributed by atoms with Crippen molar-refractivity contribution in [2.75, 3.05) is 39.9 Å². The van der Waals surface area contributed by atoms with Crippen LogP contribution in [0.1, 0.15) is 33.6 Å². The molecule has 3 nitrogen and oxygen atoms in total. The quantitative estimate of drug-likeness (QED) is 0.596. The van der Waals surface area contributed by atoms with Crippen LogP contribution in [0.4, 0.5) is 0 Å². The molecule has 0 aliphatic carbocycles. The minimum Gasteiger partial charge on any atom is -0.385 e. The van der Waals surface area contributed by atoms with E-state index < -0.39 is 0 Å². The molecule has 15 heavy (non-hydrogen) atoms. The zero-order valence-corrected chi connectivity index (χ0v) is 10.9. The smallest absolute Gasteiger partial charge is 0.0474 e. The van der Waals surface area contributed by atoms with Gasteiger partial charge in [0.1, 0.15) is 0 Å². The summed E-state index contributed by atoms with van der Waals surface area (Å²) < 4.78 is 5.08. The Bertz CT molecular complexity index is 149. The first-order chi connectivity index (χ1) is 7.05. The van der Waals surface area contributed by atoms with Crippen LogP contribution in [0.25, 0.3) is 0 Å². The van der Waals surface area contributed by atoms with Gasteiger partial charge in [-0.25, -0.2) is 0 Å². The highest BCUT2D eigenvalue weighted by Gasteiger charge is 2.19. The van der Waals surface area contributed by atoms with E-state index in [4.69, 9.17) is 10.5 Å². The highest BCUT2D eigenvalue weighted by molar-refractivity contribution is 4.74. The summed E-state index contributed by atoms with van der Waals surface area (Å²) >= 11 is 0. The number of rotatable bonds is 9. The number of hydrogen-bond acceptors (Lipinski definition) is 3. The largest absolute Gasteiger partial charge is 0.385 e. The first kappa shape index (κ1) is 14.9. The van der Waals surface area contributed by atoms with Gasteiger partial charge in [0.25, 0.3) is 0 Å². The van der Waals surface area contributed by atoms with E-state index in [1.165, 1.54) is 6.42 Å². The van der Waals surface area contributed by atoms with Gasteiger partial charge < -0.3 is 15.4 Å². The number of nitrogens with two attached hydrogens (primary N) is 1. The van der Waals surface area contributed by atoms with Crippen molar-refractivity contribution in [2.24, 2.45) is 11.1 Å². The van der Waals surface area contributed by atoms with Gasteiger partial charge in [0.2, 0.25) is 0 Å². The van der Waals surface area contributed by atoms with Gasteiger partial charge in [0, 0.05) is 26.8 Å². The van der Waals surface area contributed by atoms with Crippen molar-refractivity contribution in [3.63, 3.8) is 0 Å². The molecule has 2 N–H and O–H groups in total. The third-order valence-electron chi connectivity index (χ3n) is 2.57. The van der Waals surface area contributed by atoms with Gasteiger partial charge in [-0.1, -0.05) is 20.8 Å². The molecular formula is C12H28N2O. The van der Waals surface area contributed by atoms with E-state index in [0.717, 1.165) is 39.2 Å². The van der Waals surface area contributed by atoms with Crippen LogP contribution in [0, 0.1) is 5.41 Å². The second kappa shape index (κ2) is 8.08. The number of nitrogens with zero attached hydrogens (tertiary/aromatic N) is 1. The maximum Gasteiger partial charge on any atom is 0.0474 e. The van der Waals surface area contributed by atoms with E-state index in [1.807, 2.05) is 0 Å². The summed E-state index contributed by atoms with van der Waals surface area (Å²) in [7, 11) is 1.76. The molecule has 0 aromatic rings. The third-order valence-corrected chi connectivity index (χ3v) is 2.57. The van der Waals surface area contributed by atoms with Gasteiger partial charge in [-0.2, -0.15) is 0 Å². The van der Waals surface area contributed by atoms with Crippen molar-refractivity contribution < 1.29 is 4.74 Å². The van der Waals surface area contributed by atoms with Gasteiger partial charge in [0.15, 0.2) is 0 Å². The predicted molar refractivity (Wildman–Crippen MR) is 66.1 cm³/mol. The summed E-state index contributed by atoms with van der Waals surface area (Å²) in [6.07, 6.45) is 2.31. The Labute approximate surface area is 95.0 Å². The van der Waals surface area contributed by atoms with Crippen molar-refractivity contribution in [3.8, 4) is 0 Å². The van der Waals surface area contributed by atoms with Crippen LogP contribution in [0.5, 0.6) is 0 Å². The van der Waals surface area contributed by atoms with E-state index in [-0.39, 0.29) is 5.41 Å². The topological polar surface area (TPSA) is 38.5 Å². The monoisotopic (exact) mass is 216 g/mol. The molecule has 0 atom stereocenters. The highest BCUT2D eigenvalue weighted by atomic mass is 16.5. The van der Waals surface area contributed by atoms with Gasteiger partial charge in [-0.3, -0.25) is 0 Å². The fourth-order valence-corrected chi connectivity index (χ4v) is 1.69. The fraction of sp³-hybridized carbons (Fsp3) is 1.00. The first-order valence-corrected chi connectivity index (χ1v) is 5.97. The van der Waals surface area contributed by atoms with Crippen molar-refractivity contribution in [1.29, 1.82) is 0 Å². The molecule has 0 rings (SSSR count). The van der Waals surface area contributed by atoms with Crippen LogP contribution in [0.15, 0.2) is 0 Å². The predicted octanol–water partition coefficient (Wildman–Crippen LogP) is 1.72. The van der Waals surface area contributed by atoms with Crippen LogP contribution in [-0.2, 0) is 4.74 Å². The molecule has 0 bridgehead atoms. The van der Waals surface area contributed by atoms with Gasteiger partial charge in [0.05, 0.1) is 0 Å². The van der Waals surface area contributed by atoms with Crippen LogP contribution < -0.4 is 5.73 Å². The minimum atomic E-state index is 0.224. The summed E-state index contributed by atoms with van der Waals surface area (Å²) in [5.74, 6) is 0. The van der Waals surface area contributed by atoms with Crippen LogP contribution in [0.2, 0.25) is 0 Å². The Morgan fingerprint density at radius 3 is 2.40 bits per heavy atom. The van der Waals surface area contributed by atoms with Crippen molar-refractivity contribution in [1.82, 2.24) is 4.90 Å². The lowest BCUT2D eigenvalue weighted by Crippen LogP contribution is -2.39. The standard InChI is InChI=1S/C12H28N2O/c1-5-7-14(8-6-9-15-4)11-12(2,3)10-13/h5-11,13H2,1-4H3. The van der Waals surface area contributed by atoms with E-state index in [2.05, 4.69) is 25.7 Å². The maximum absolute atomic E-state index is 5.75. The Morgan fingerprint density at radius 1 is 1.27 bits per heavy atom. The van der Waals surface area contributed by atoms with Crippen LogP contribution in [0.3, 0.4) is 0 Å². The van der Waals surface area contributed by atoms with Crippen LogP contribution >= 0.6 is 0 Å². The second-order valence-electron chi connectivity index (χ2n) is 4.99. The Hall–Kier alpha value is -0.120. The molecule has 0 radical (unpaired) electrons. The molecule has 0 unspecified atom stereocenters. The van der Waals surface area contributed by atoms with Gasteiger partial charge in [-0.05, 0) is 31.3 Å². The molecule has 0 heterocycles. The summed E-state index contributed by atoms with van der Waals surface area (Å²) in [6, 6.07) is 0. The van der Waals surface area contributed by atoms with Gasteiger partial charge in [-0.15, -0.1) is 0 Å². The SMILES string of the molecule is CCCN(CCCOC)CC(C)(C)CN. The highest BCUT2D eigenvalue weighted by Crippen LogP contribution is 2.15. The molecule has 0 fully saturated rings. The summed E-state index contributed by atoms with van der Waals surface area (Å²) in [5, 5.41) is 0. The molecule has 0 aromatic carbocycles. The maximum atomic E-state index is 5.75. The molecule has 0 saturated carbocycles. The minimum absolute atomic E-state index is 0.224.